The number of carboxylic acids is 3. The third-order valence-corrected chi connectivity index (χ3v) is 12.6. The van der Waals surface area contributed by atoms with E-state index in [9.17, 15) is 53.1 Å². The molecule has 7 N–H and O–H groups in total. The zero-order valence-electron chi connectivity index (χ0n) is 61.9. The number of unbranched alkanes of at least 4 members (excludes halogenated alkanes) is 1. The van der Waals surface area contributed by atoms with Crippen LogP contribution in [0.4, 0.5) is 4.79 Å². The van der Waals surface area contributed by atoms with E-state index in [0.29, 0.717) is 45.3 Å². The fourth-order valence-electron chi connectivity index (χ4n) is 8.56. The zero-order valence-corrected chi connectivity index (χ0v) is 62.7. The number of aromatic nitrogens is 6. The van der Waals surface area contributed by atoms with E-state index in [1.54, 1.807) is 94.3 Å². The van der Waals surface area contributed by atoms with E-state index in [2.05, 4.69) is 30.5 Å². The lowest BCUT2D eigenvalue weighted by molar-refractivity contribution is -0.671. The van der Waals surface area contributed by atoms with Crippen LogP contribution in [0.1, 0.15) is 219 Å². The Morgan fingerprint density at radius 2 is 0.910 bits per heavy atom. The Kier molecular flexibility index (Phi) is 39.5. The molecule has 0 aromatic carbocycles. The molecule has 0 saturated heterocycles. The minimum Gasteiger partial charge on any atom is -0.481 e. The summed E-state index contributed by atoms with van der Waals surface area (Å²) < 4.78 is 37.0. The second kappa shape index (κ2) is 43.2. The van der Waals surface area contributed by atoms with Crippen LogP contribution < -0.4 is 20.9 Å². The maximum atomic E-state index is 12.5. The van der Waals surface area contributed by atoms with Gasteiger partial charge in [0, 0.05) is 63.6 Å². The molecule has 562 valence electrons. The highest BCUT2D eigenvalue weighted by molar-refractivity contribution is 5.86. The second-order valence-corrected chi connectivity index (χ2v) is 29.3. The normalized spacial score (nSPS) is 13.1. The molecule has 0 aliphatic heterocycles. The molecule has 100 heavy (non-hydrogen) atoms. The van der Waals surface area contributed by atoms with Crippen LogP contribution >= 0.6 is 12.4 Å². The van der Waals surface area contributed by atoms with Gasteiger partial charge in [-0.3, -0.25) is 38.8 Å². The van der Waals surface area contributed by atoms with Gasteiger partial charge in [-0.1, -0.05) is 12.1 Å². The minimum atomic E-state index is -1.44. The van der Waals surface area contributed by atoms with E-state index in [1.807, 2.05) is 137 Å². The molecule has 0 aliphatic rings. The highest BCUT2D eigenvalue weighted by atomic mass is 35.5. The quantitative estimate of drug-likeness (QED) is 0.0123. The molecule has 0 fully saturated rings. The molecule has 29 nitrogen and oxygen atoms in total. The average molecular weight is 1430 g/mol. The Bertz CT molecular complexity index is 3100. The number of amides is 2. The number of halogens is 1. The van der Waals surface area contributed by atoms with Crippen molar-refractivity contribution in [2.24, 2.45) is 12.8 Å². The summed E-state index contributed by atoms with van der Waals surface area (Å²) in [5.41, 5.74) is 4.14. The van der Waals surface area contributed by atoms with Gasteiger partial charge < -0.3 is 64.7 Å². The van der Waals surface area contributed by atoms with Crippen molar-refractivity contribution in [2.45, 2.75) is 272 Å². The molecule has 2 amide bonds. The number of ether oxygens (including phenoxy) is 6. The first-order valence-electron chi connectivity index (χ1n) is 32.9. The summed E-state index contributed by atoms with van der Waals surface area (Å²) in [4.78, 5) is 132. The first kappa shape index (κ1) is 91.4. The van der Waals surface area contributed by atoms with Gasteiger partial charge in [0.2, 0.25) is 6.33 Å². The van der Waals surface area contributed by atoms with Gasteiger partial charge in [-0.15, -0.1) is 12.4 Å². The molecular formula is C70H112ClN10O19+. The van der Waals surface area contributed by atoms with E-state index in [0.717, 1.165) is 11.4 Å². The van der Waals surface area contributed by atoms with Gasteiger partial charge in [0.15, 0.2) is 6.04 Å². The average Bonchev–Trinajstić information content (AvgIpc) is 1.64. The number of carbonyl (C=O) groups excluding carboxylic acids is 7. The van der Waals surface area contributed by atoms with Gasteiger partial charge in [0.1, 0.15) is 70.2 Å². The van der Waals surface area contributed by atoms with E-state index in [-0.39, 0.29) is 80.8 Å². The third kappa shape index (κ3) is 45.2. The Balaban J connectivity index is 0.00000135. The number of aliphatic carboxylic acids is 3. The van der Waals surface area contributed by atoms with Gasteiger partial charge in [-0.05, 0) is 194 Å². The van der Waals surface area contributed by atoms with Crippen molar-refractivity contribution in [3.05, 3.63) is 97.6 Å². The van der Waals surface area contributed by atoms with Gasteiger partial charge in [0.25, 0.3) is 0 Å². The molecule has 4 heterocycles. The van der Waals surface area contributed by atoms with Crippen LogP contribution in [0.2, 0.25) is 0 Å². The van der Waals surface area contributed by atoms with E-state index < -0.39 is 100 Å². The number of imidazole rings is 2. The molecule has 0 bridgehead atoms. The topological polar surface area (TPSA) is 392 Å². The van der Waals surface area contributed by atoms with E-state index in [4.69, 9.17) is 44.4 Å². The Morgan fingerprint density at radius 3 is 1.26 bits per heavy atom. The number of esters is 6. The highest BCUT2D eigenvalue weighted by Crippen LogP contribution is 2.24. The van der Waals surface area contributed by atoms with Gasteiger partial charge in [-0.25, -0.2) is 38.1 Å². The number of nitrogens with zero attached hydrogens (tertiary/aromatic N) is 7. The van der Waals surface area contributed by atoms with E-state index in [1.165, 1.54) is 0 Å². The molecule has 0 unspecified atom stereocenters. The summed E-state index contributed by atoms with van der Waals surface area (Å²) in [5.74, 6) is -6.09. The summed E-state index contributed by atoms with van der Waals surface area (Å²) in [6.45, 7) is 34.3. The van der Waals surface area contributed by atoms with Crippen LogP contribution in [0.3, 0.4) is 0 Å². The molecule has 0 aliphatic carbocycles. The van der Waals surface area contributed by atoms with Crippen LogP contribution in [0, 0.1) is 0 Å². The summed E-state index contributed by atoms with van der Waals surface area (Å²) in [5, 5.41) is 31.7. The van der Waals surface area contributed by atoms with Gasteiger partial charge in [0.05, 0.1) is 31.2 Å². The standard InChI is InChI=1S/C24H31N5O7.C17H29N2O4.C16H26N2O4.C13H25NO4.ClH/c30-21(31)11-10-20(23(34)35)28-24(36)27-19(22(32)33)9-3-6-14-29(15-17-7-1-4-12-25-17)16-18-8-2-5-13-26-18;1-16(2,3)22-14(20)9-8-13(15(21)23-17(4,5)6)19-11-10-18(7)12-19;1-15(2,3)21-13(19)8-7-12(18-10-9-17-11-18)14(20)22-16(4,5)6;1-12(2,3)17-10(15)8-7-9(14)11(16)18-13(4,5)6;/h1-2,4-5,7-8,12-13,19-20H,3,6,9-11,14-16H2,(H,30,31)(H,32,33)(H,34,35)(H2,27,28,36);10-13H,8-9H2,1-7H3;9-12H,7-8H2,1-6H3;9H,7-8,14H2,1-6H3;1H/q;+1;;;/t19-,20-;13-;12-;9-;/m0000./s1. The van der Waals surface area contributed by atoms with Crippen molar-refractivity contribution in [2.75, 3.05) is 6.54 Å². The highest BCUT2D eigenvalue weighted by Gasteiger charge is 2.33. The Labute approximate surface area is 594 Å². The van der Waals surface area contributed by atoms with Crippen molar-refractivity contribution < 1.29 is 96.3 Å². The number of hydrogen-bond donors (Lipinski definition) is 6. The molecule has 0 spiro atoms. The molecule has 0 saturated carbocycles. The number of hydrogen-bond acceptors (Lipinski definition) is 21. The van der Waals surface area contributed by atoms with Gasteiger partial charge in [-0.2, -0.15) is 0 Å². The van der Waals surface area contributed by atoms with Crippen molar-refractivity contribution >= 4 is 72.2 Å². The summed E-state index contributed by atoms with van der Waals surface area (Å²) in [7, 11) is 1.87. The largest absolute Gasteiger partial charge is 0.481 e. The Morgan fingerprint density at radius 1 is 0.510 bits per heavy atom. The number of aryl methyl sites for hydroxylation is 1. The minimum absolute atomic E-state index is 0. The van der Waals surface area contributed by atoms with Crippen LogP contribution in [0.5, 0.6) is 0 Å². The van der Waals surface area contributed by atoms with E-state index >= 15 is 0 Å². The molecule has 30 heteroatoms. The van der Waals surface area contributed by atoms with Crippen LogP contribution in [0.15, 0.2) is 86.2 Å². The molecule has 4 aromatic heterocycles. The monoisotopic (exact) mass is 1430 g/mol. The van der Waals surface area contributed by atoms with Crippen LogP contribution in [-0.2, 0) is 91.7 Å². The molecule has 5 atom stereocenters. The lowest BCUT2D eigenvalue weighted by atomic mass is 10.1. The van der Waals surface area contributed by atoms with Crippen molar-refractivity contribution in [1.29, 1.82) is 0 Å². The van der Waals surface area contributed by atoms with Crippen LogP contribution in [0.25, 0.3) is 0 Å². The fraction of sp³-hybridized carbons (Fsp3) is 0.629. The summed E-state index contributed by atoms with van der Waals surface area (Å²) in [6, 6.07) is 5.77. The molecule has 4 aromatic rings. The zero-order chi connectivity index (χ0) is 75.7. The number of carbonyl (C=O) groups is 10. The number of rotatable bonds is 30. The predicted octanol–water partition coefficient (Wildman–Crippen LogP) is 9.12. The third-order valence-electron chi connectivity index (χ3n) is 12.6. The maximum absolute atomic E-state index is 12.5. The smallest absolute Gasteiger partial charge is 0.352 e. The maximum Gasteiger partial charge on any atom is 0.352 e. The first-order valence-corrected chi connectivity index (χ1v) is 32.9. The predicted molar refractivity (Wildman–Crippen MR) is 372 cm³/mol. The van der Waals surface area contributed by atoms with Crippen LogP contribution in [-0.4, -0.2) is 162 Å². The number of carboxylic acid groups (broad SMARTS) is 3. The van der Waals surface area contributed by atoms with Crippen molar-refractivity contribution in [1.82, 2.24) is 39.6 Å². The lowest BCUT2D eigenvalue weighted by Crippen LogP contribution is -2.51. The number of nitrogens with one attached hydrogen (secondary N) is 2. The number of nitrogens with two attached hydrogens (primary N) is 1. The summed E-state index contributed by atoms with van der Waals surface area (Å²) >= 11 is 0. The molecule has 4 rings (SSSR count). The fourth-order valence-corrected chi connectivity index (χ4v) is 8.56. The molecular weight excluding hydrogens is 1320 g/mol. The number of pyridine rings is 2. The summed E-state index contributed by atoms with van der Waals surface area (Å²) in [6.07, 6.45) is 15.4. The second-order valence-electron chi connectivity index (χ2n) is 29.3. The Hall–Kier alpha value is -8.57. The first-order chi connectivity index (χ1) is 45.5. The van der Waals surface area contributed by atoms with Crippen molar-refractivity contribution in [3.63, 3.8) is 0 Å². The molecule has 0 radical (unpaired) electrons. The van der Waals surface area contributed by atoms with Gasteiger partial charge >= 0.3 is 59.8 Å². The van der Waals surface area contributed by atoms with Crippen molar-refractivity contribution in [3.8, 4) is 0 Å². The lowest BCUT2D eigenvalue weighted by Gasteiger charge is -2.25. The SMILES string of the molecule is CC(C)(C)OC(=O)CC[C@@H](C(=O)OC(C)(C)C)n1ccnc1.CC(C)(C)OC(=O)CC[C@H](N)C(=O)OC(C)(C)C.C[n+]1ccn([C@@H](CCC(=O)OC(C)(C)C)C(=O)OC(C)(C)C)c1.Cl.O=C(O)CC[C@H](NC(=O)N[C@@H](CCCCN(Cc1ccccn1)Cc1ccccn1)C(=O)O)C(=O)O. The number of urea groups is 1.